The SMILES string of the molecule is CCCc1nc2ccccc2c(C(=O)OCC(=O)Nc2c(F)cccc2F)c1CC. The second-order valence-corrected chi connectivity index (χ2v) is 6.75. The summed E-state index contributed by atoms with van der Waals surface area (Å²) in [6.45, 7) is 3.28. The Morgan fingerprint density at radius 1 is 1.03 bits per heavy atom. The first-order valence-electron chi connectivity index (χ1n) is 9.77. The van der Waals surface area contributed by atoms with E-state index in [-0.39, 0.29) is 0 Å². The van der Waals surface area contributed by atoms with Crippen molar-refractivity contribution in [1.29, 1.82) is 0 Å². The summed E-state index contributed by atoms with van der Waals surface area (Å²) in [7, 11) is 0. The number of halogens is 2. The van der Waals surface area contributed by atoms with Crippen molar-refractivity contribution in [3.05, 3.63) is 70.9 Å². The van der Waals surface area contributed by atoms with Crippen molar-refractivity contribution in [2.45, 2.75) is 33.1 Å². The molecule has 1 N–H and O–H groups in total. The highest BCUT2D eigenvalue weighted by atomic mass is 19.1. The Balaban J connectivity index is 1.85. The number of rotatable bonds is 7. The summed E-state index contributed by atoms with van der Waals surface area (Å²) >= 11 is 0. The summed E-state index contributed by atoms with van der Waals surface area (Å²) in [4.78, 5) is 29.7. The molecule has 0 unspecified atom stereocenters. The van der Waals surface area contributed by atoms with Crippen LogP contribution in [-0.2, 0) is 22.4 Å². The average molecular weight is 412 g/mol. The van der Waals surface area contributed by atoms with Crippen molar-refractivity contribution in [3.8, 4) is 0 Å². The minimum atomic E-state index is -0.910. The topological polar surface area (TPSA) is 68.3 Å². The molecule has 3 rings (SSSR count). The maximum atomic E-state index is 13.7. The number of aromatic nitrogens is 1. The Hall–Kier alpha value is -3.35. The molecule has 1 aromatic heterocycles. The van der Waals surface area contributed by atoms with Gasteiger partial charge in [0.15, 0.2) is 6.61 Å². The third-order valence-corrected chi connectivity index (χ3v) is 4.68. The van der Waals surface area contributed by atoms with Crippen molar-refractivity contribution in [1.82, 2.24) is 4.98 Å². The number of pyridine rings is 1. The lowest BCUT2D eigenvalue weighted by Gasteiger charge is -2.15. The molecule has 1 heterocycles. The number of carbonyl (C=O) groups excluding carboxylic acids is 2. The lowest BCUT2D eigenvalue weighted by atomic mass is 9.96. The van der Waals surface area contributed by atoms with Crippen LogP contribution >= 0.6 is 0 Å². The second-order valence-electron chi connectivity index (χ2n) is 6.75. The molecule has 7 heteroatoms. The third-order valence-electron chi connectivity index (χ3n) is 4.68. The lowest BCUT2D eigenvalue weighted by molar-refractivity contribution is -0.119. The number of nitrogens with one attached hydrogen (secondary N) is 1. The molecule has 0 bridgehead atoms. The molecular formula is C23H22F2N2O3. The number of hydrogen-bond donors (Lipinski definition) is 1. The standard InChI is InChI=1S/C23H22F2N2O3/c1-3-8-18-14(4-2)21(15-9-5-6-12-19(15)26-18)23(29)30-13-20(28)27-22-16(24)10-7-11-17(22)25/h5-7,9-12H,3-4,8,13H2,1-2H3,(H,27,28). The number of benzene rings is 2. The van der Waals surface area contributed by atoms with Crippen molar-refractivity contribution >= 4 is 28.5 Å². The minimum absolute atomic E-state index is 0.372. The molecule has 2 aromatic carbocycles. The van der Waals surface area contributed by atoms with Crippen molar-refractivity contribution in [3.63, 3.8) is 0 Å². The van der Waals surface area contributed by atoms with Gasteiger partial charge in [0.1, 0.15) is 17.3 Å². The van der Waals surface area contributed by atoms with Gasteiger partial charge < -0.3 is 10.1 Å². The number of aryl methyl sites for hydroxylation is 1. The van der Waals surface area contributed by atoms with Crippen LogP contribution in [0.4, 0.5) is 14.5 Å². The molecule has 0 saturated carbocycles. The van der Waals surface area contributed by atoms with E-state index in [1.807, 2.05) is 26.0 Å². The molecule has 0 aliphatic rings. The summed E-state index contributed by atoms with van der Waals surface area (Å²) in [5.41, 5.74) is 2.07. The quantitative estimate of drug-likeness (QED) is 0.565. The van der Waals surface area contributed by atoms with E-state index in [0.29, 0.717) is 29.3 Å². The van der Waals surface area contributed by atoms with E-state index in [9.17, 15) is 18.4 Å². The Bertz CT molecular complexity index is 1080. The summed E-state index contributed by atoms with van der Waals surface area (Å²) in [6, 6.07) is 10.5. The van der Waals surface area contributed by atoms with Crippen LogP contribution in [-0.4, -0.2) is 23.5 Å². The van der Waals surface area contributed by atoms with Crippen LogP contribution in [0.15, 0.2) is 42.5 Å². The van der Waals surface area contributed by atoms with Crippen molar-refractivity contribution in [2.75, 3.05) is 11.9 Å². The molecule has 0 fully saturated rings. The van der Waals surface area contributed by atoms with Gasteiger partial charge >= 0.3 is 5.97 Å². The first-order chi connectivity index (χ1) is 14.5. The maximum absolute atomic E-state index is 13.7. The van der Waals surface area contributed by atoms with Gasteiger partial charge in [-0.15, -0.1) is 0 Å². The van der Waals surface area contributed by atoms with Gasteiger partial charge in [-0.1, -0.05) is 44.5 Å². The molecule has 0 atom stereocenters. The number of fused-ring (bicyclic) bond motifs is 1. The van der Waals surface area contributed by atoms with Crippen LogP contribution in [0.1, 0.15) is 41.9 Å². The Morgan fingerprint density at radius 3 is 2.40 bits per heavy atom. The van der Waals surface area contributed by atoms with E-state index in [4.69, 9.17) is 4.74 Å². The highest BCUT2D eigenvalue weighted by Gasteiger charge is 2.22. The summed E-state index contributed by atoms with van der Waals surface area (Å²) < 4.78 is 32.6. The van der Waals surface area contributed by atoms with Crippen LogP contribution in [0, 0.1) is 11.6 Å². The number of ether oxygens (including phenoxy) is 1. The molecular weight excluding hydrogens is 390 g/mol. The molecule has 1 amide bonds. The zero-order valence-electron chi connectivity index (χ0n) is 16.8. The van der Waals surface area contributed by atoms with Gasteiger partial charge in [0.2, 0.25) is 0 Å². The van der Waals surface area contributed by atoms with Gasteiger partial charge in [-0.2, -0.15) is 0 Å². The van der Waals surface area contributed by atoms with E-state index in [0.717, 1.165) is 29.8 Å². The zero-order chi connectivity index (χ0) is 21.7. The lowest BCUT2D eigenvalue weighted by Crippen LogP contribution is -2.23. The van der Waals surface area contributed by atoms with E-state index >= 15 is 0 Å². The molecule has 156 valence electrons. The number of carbonyl (C=O) groups is 2. The number of para-hydroxylation sites is 2. The fraction of sp³-hybridized carbons (Fsp3) is 0.261. The van der Waals surface area contributed by atoms with E-state index in [1.54, 1.807) is 12.1 Å². The molecule has 0 spiro atoms. The zero-order valence-corrected chi connectivity index (χ0v) is 16.8. The van der Waals surface area contributed by atoms with Crippen LogP contribution < -0.4 is 5.32 Å². The third kappa shape index (κ3) is 4.45. The maximum Gasteiger partial charge on any atom is 0.339 e. The molecule has 3 aromatic rings. The minimum Gasteiger partial charge on any atom is -0.452 e. The first kappa shape index (κ1) is 21.4. The van der Waals surface area contributed by atoms with Crippen LogP contribution in [0.2, 0.25) is 0 Å². The Kier molecular flexibility index (Phi) is 6.72. The molecule has 0 aliphatic carbocycles. The number of nitrogens with zero attached hydrogens (tertiary/aromatic N) is 1. The van der Waals surface area contributed by atoms with Crippen molar-refractivity contribution < 1.29 is 23.1 Å². The largest absolute Gasteiger partial charge is 0.452 e. The van der Waals surface area contributed by atoms with E-state index < -0.39 is 35.8 Å². The van der Waals surface area contributed by atoms with Gasteiger partial charge in [0, 0.05) is 11.1 Å². The summed E-state index contributed by atoms with van der Waals surface area (Å²) in [5, 5.41) is 2.74. The smallest absolute Gasteiger partial charge is 0.339 e. The normalized spacial score (nSPS) is 10.8. The molecule has 30 heavy (non-hydrogen) atoms. The fourth-order valence-corrected chi connectivity index (χ4v) is 3.36. The number of amides is 1. The second kappa shape index (κ2) is 9.43. The molecule has 0 saturated heterocycles. The van der Waals surface area contributed by atoms with Gasteiger partial charge in [0.05, 0.1) is 11.1 Å². The predicted molar refractivity (Wildman–Crippen MR) is 110 cm³/mol. The summed E-state index contributed by atoms with van der Waals surface area (Å²) in [6.07, 6.45) is 2.15. The number of esters is 1. The average Bonchev–Trinajstić information content (AvgIpc) is 2.74. The van der Waals surface area contributed by atoms with Crippen LogP contribution in [0.25, 0.3) is 10.9 Å². The first-order valence-corrected chi connectivity index (χ1v) is 9.77. The van der Waals surface area contributed by atoms with Gasteiger partial charge in [0.25, 0.3) is 5.91 Å². The van der Waals surface area contributed by atoms with E-state index in [2.05, 4.69) is 10.3 Å². The Morgan fingerprint density at radius 2 is 1.73 bits per heavy atom. The Labute approximate surface area is 173 Å². The molecule has 0 radical (unpaired) electrons. The summed E-state index contributed by atoms with van der Waals surface area (Å²) in [5.74, 6) is -3.33. The van der Waals surface area contributed by atoms with Gasteiger partial charge in [-0.05, 0) is 36.6 Å². The van der Waals surface area contributed by atoms with Crippen LogP contribution in [0.5, 0.6) is 0 Å². The monoisotopic (exact) mass is 412 g/mol. The molecule has 5 nitrogen and oxygen atoms in total. The molecule has 0 aliphatic heterocycles. The van der Waals surface area contributed by atoms with E-state index in [1.165, 1.54) is 6.07 Å². The van der Waals surface area contributed by atoms with Gasteiger partial charge in [-0.3, -0.25) is 9.78 Å². The predicted octanol–water partition coefficient (Wildman–Crippen LogP) is 4.82. The van der Waals surface area contributed by atoms with Crippen molar-refractivity contribution in [2.24, 2.45) is 0 Å². The highest BCUT2D eigenvalue weighted by Crippen LogP contribution is 2.26. The van der Waals surface area contributed by atoms with Gasteiger partial charge in [-0.25, -0.2) is 13.6 Å². The number of hydrogen-bond acceptors (Lipinski definition) is 4. The highest BCUT2D eigenvalue weighted by molar-refractivity contribution is 6.06. The fourth-order valence-electron chi connectivity index (χ4n) is 3.36. The van der Waals surface area contributed by atoms with Crippen LogP contribution in [0.3, 0.4) is 0 Å². The number of anilines is 1.